The average Bonchev–Trinajstić information content (AvgIpc) is 2.84. The van der Waals surface area contributed by atoms with Crippen molar-refractivity contribution in [3.63, 3.8) is 0 Å². The fraction of sp³-hybridized carbons (Fsp3) is 0.500. The summed E-state index contributed by atoms with van der Waals surface area (Å²) in [4.78, 5) is 34.3. The highest BCUT2D eigenvalue weighted by molar-refractivity contribution is 5.87. The summed E-state index contributed by atoms with van der Waals surface area (Å²) in [7, 11) is 3.50. The molecule has 1 aliphatic carbocycles. The number of amides is 2. The molecule has 1 aromatic heterocycles. The molecule has 1 atom stereocenters. The largest absolute Gasteiger partial charge is 0.361 e. The van der Waals surface area contributed by atoms with E-state index in [0.717, 1.165) is 42.4 Å². The molecule has 2 amide bonds. The first-order valence-electron chi connectivity index (χ1n) is 11.6. The van der Waals surface area contributed by atoms with Crippen LogP contribution in [-0.2, 0) is 20.7 Å². The minimum Gasteiger partial charge on any atom is -0.361 e. The first-order chi connectivity index (χ1) is 15.5. The molecule has 4 rings (SSSR count). The lowest BCUT2D eigenvalue weighted by molar-refractivity contribution is -0.174. The van der Waals surface area contributed by atoms with Gasteiger partial charge in [0.25, 0.3) is 5.91 Å². The van der Waals surface area contributed by atoms with E-state index in [0.29, 0.717) is 26.1 Å². The number of likely N-dealkylation sites (N-methyl/N-ethyl adjacent to an activating group) is 1. The molecule has 0 spiro atoms. The lowest BCUT2D eigenvalue weighted by Gasteiger charge is -2.44. The molecule has 2 aliphatic rings. The van der Waals surface area contributed by atoms with Crippen LogP contribution in [-0.4, -0.2) is 66.0 Å². The van der Waals surface area contributed by atoms with E-state index in [9.17, 15) is 9.59 Å². The van der Waals surface area contributed by atoms with Crippen LogP contribution in [0.2, 0.25) is 0 Å². The lowest BCUT2D eigenvalue weighted by atomic mass is 9.86. The predicted octanol–water partition coefficient (Wildman–Crippen LogP) is 3.56. The third kappa shape index (κ3) is 4.85. The Balaban J connectivity index is 1.59. The van der Waals surface area contributed by atoms with Crippen molar-refractivity contribution in [2.75, 3.05) is 33.8 Å². The standard InChI is InChI=1S/C26H33N3O3/c1-28(2)25(31)26(17-20-8-6-11-22(16-20)23-12-7-13-27-18-23)19-29(14-15-32-26)24(30)21-9-4-3-5-10-21/h6-8,11-13,16,18,21H,3-5,9-10,14-15,17,19H2,1-2H3/t26-/m1/s1. The Hall–Kier alpha value is -2.73. The second-order valence-corrected chi connectivity index (χ2v) is 9.26. The smallest absolute Gasteiger partial charge is 0.256 e. The highest BCUT2D eigenvalue weighted by atomic mass is 16.5. The molecular formula is C26H33N3O3. The van der Waals surface area contributed by atoms with E-state index in [1.165, 1.54) is 6.42 Å². The summed E-state index contributed by atoms with van der Waals surface area (Å²) in [6.07, 6.45) is 9.37. The number of nitrogens with zero attached hydrogens (tertiary/aromatic N) is 3. The predicted molar refractivity (Wildman–Crippen MR) is 124 cm³/mol. The molecule has 6 nitrogen and oxygen atoms in total. The van der Waals surface area contributed by atoms with E-state index in [2.05, 4.69) is 11.1 Å². The number of aromatic nitrogens is 1. The maximum atomic E-state index is 13.4. The molecule has 0 N–H and O–H groups in total. The maximum Gasteiger partial charge on any atom is 0.256 e. The van der Waals surface area contributed by atoms with E-state index in [1.807, 2.05) is 41.4 Å². The number of ether oxygens (including phenoxy) is 1. The molecule has 170 valence electrons. The van der Waals surface area contributed by atoms with E-state index in [4.69, 9.17) is 4.74 Å². The Morgan fingerprint density at radius 1 is 1.12 bits per heavy atom. The number of rotatable bonds is 5. The molecule has 1 saturated heterocycles. The van der Waals surface area contributed by atoms with Gasteiger partial charge in [0.2, 0.25) is 5.91 Å². The second-order valence-electron chi connectivity index (χ2n) is 9.26. The number of morpholine rings is 1. The summed E-state index contributed by atoms with van der Waals surface area (Å²) in [5.41, 5.74) is 2.02. The van der Waals surface area contributed by atoms with Crippen LogP contribution < -0.4 is 0 Å². The summed E-state index contributed by atoms with van der Waals surface area (Å²) < 4.78 is 6.21. The van der Waals surface area contributed by atoms with Crippen molar-refractivity contribution in [2.45, 2.75) is 44.1 Å². The molecule has 0 unspecified atom stereocenters. The van der Waals surface area contributed by atoms with Crippen LogP contribution in [0.25, 0.3) is 11.1 Å². The minimum atomic E-state index is -1.07. The quantitative estimate of drug-likeness (QED) is 0.721. The SMILES string of the molecule is CN(C)C(=O)[C@@]1(Cc2cccc(-c3cccnc3)c2)CN(C(=O)C2CCCCC2)CCO1. The van der Waals surface area contributed by atoms with Crippen LogP contribution in [0.15, 0.2) is 48.8 Å². The summed E-state index contributed by atoms with van der Waals surface area (Å²) in [5, 5.41) is 0. The van der Waals surface area contributed by atoms with Crippen molar-refractivity contribution in [3.8, 4) is 11.1 Å². The van der Waals surface area contributed by atoms with Crippen molar-refractivity contribution in [1.29, 1.82) is 0 Å². The van der Waals surface area contributed by atoms with Crippen LogP contribution in [0.1, 0.15) is 37.7 Å². The Morgan fingerprint density at radius 3 is 2.62 bits per heavy atom. The first-order valence-corrected chi connectivity index (χ1v) is 11.6. The van der Waals surface area contributed by atoms with Gasteiger partial charge < -0.3 is 14.5 Å². The molecule has 2 aromatic rings. The zero-order chi connectivity index (χ0) is 22.6. The van der Waals surface area contributed by atoms with Gasteiger partial charge in [0.1, 0.15) is 0 Å². The molecule has 1 aromatic carbocycles. The van der Waals surface area contributed by atoms with Crippen LogP contribution in [0, 0.1) is 5.92 Å². The summed E-state index contributed by atoms with van der Waals surface area (Å²) in [6.45, 7) is 1.23. The lowest BCUT2D eigenvalue weighted by Crippen LogP contribution is -2.62. The van der Waals surface area contributed by atoms with Crippen LogP contribution in [0.4, 0.5) is 0 Å². The summed E-state index contributed by atoms with van der Waals surface area (Å²) in [5.74, 6) is 0.182. The first kappa shape index (κ1) is 22.5. The van der Waals surface area contributed by atoms with Gasteiger partial charge in [-0.25, -0.2) is 0 Å². The van der Waals surface area contributed by atoms with E-state index >= 15 is 0 Å². The van der Waals surface area contributed by atoms with Crippen LogP contribution in [0.3, 0.4) is 0 Å². The summed E-state index contributed by atoms with van der Waals surface area (Å²) >= 11 is 0. The van der Waals surface area contributed by atoms with Crippen LogP contribution in [0.5, 0.6) is 0 Å². The number of hydrogen-bond acceptors (Lipinski definition) is 4. The monoisotopic (exact) mass is 435 g/mol. The average molecular weight is 436 g/mol. The van der Waals surface area contributed by atoms with Gasteiger partial charge >= 0.3 is 0 Å². The Bertz CT molecular complexity index is 940. The Labute approximate surface area is 190 Å². The minimum absolute atomic E-state index is 0.0860. The normalized spacial score (nSPS) is 21.9. The van der Waals surface area contributed by atoms with Gasteiger partial charge in [-0.3, -0.25) is 14.6 Å². The van der Waals surface area contributed by atoms with Crippen molar-refractivity contribution in [3.05, 3.63) is 54.4 Å². The van der Waals surface area contributed by atoms with Crippen molar-refractivity contribution in [2.24, 2.45) is 5.92 Å². The molecule has 0 radical (unpaired) electrons. The number of carbonyl (C=O) groups excluding carboxylic acids is 2. The maximum absolute atomic E-state index is 13.4. The molecule has 1 aliphatic heterocycles. The second kappa shape index (κ2) is 9.82. The number of carbonyl (C=O) groups is 2. The Kier molecular flexibility index (Phi) is 6.89. The van der Waals surface area contributed by atoms with Crippen molar-refractivity contribution >= 4 is 11.8 Å². The summed E-state index contributed by atoms with van der Waals surface area (Å²) in [6, 6.07) is 12.1. The van der Waals surface area contributed by atoms with Gasteiger partial charge in [-0.1, -0.05) is 49.6 Å². The van der Waals surface area contributed by atoms with E-state index in [1.54, 1.807) is 25.2 Å². The number of pyridine rings is 1. The molecule has 2 heterocycles. The fourth-order valence-corrected chi connectivity index (χ4v) is 5.02. The molecular weight excluding hydrogens is 402 g/mol. The van der Waals surface area contributed by atoms with E-state index in [-0.39, 0.29) is 17.7 Å². The molecule has 1 saturated carbocycles. The molecule has 2 fully saturated rings. The van der Waals surface area contributed by atoms with E-state index < -0.39 is 5.60 Å². The highest BCUT2D eigenvalue weighted by Crippen LogP contribution is 2.31. The van der Waals surface area contributed by atoms with Gasteiger partial charge in [0.15, 0.2) is 5.60 Å². The Morgan fingerprint density at radius 2 is 1.91 bits per heavy atom. The zero-order valence-electron chi connectivity index (χ0n) is 19.1. The van der Waals surface area contributed by atoms with Gasteiger partial charge in [0, 0.05) is 45.4 Å². The third-order valence-electron chi connectivity index (χ3n) is 6.66. The van der Waals surface area contributed by atoms with Crippen molar-refractivity contribution < 1.29 is 14.3 Å². The molecule has 6 heteroatoms. The zero-order valence-corrected chi connectivity index (χ0v) is 19.1. The fourth-order valence-electron chi connectivity index (χ4n) is 5.02. The van der Waals surface area contributed by atoms with Gasteiger partial charge in [-0.15, -0.1) is 0 Å². The number of benzene rings is 1. The van der Waals surface area contributed by atoms with Gasteiger partial charge in [0.05, 0.1) is 13.2 Å². The van der Waals surface area contributed by atoms with Crippen LogP contribution >= 0.6 is 0 Å². The molecule has 0 bridgehead atoms. The van der Waals surface area contributed by atoms with Gasteiger partial charge in [-0.2, -0.15) is 0 Å². The highest BCUT2D eigenvalue weighted by Gasteiger charge is 2.46. The topological polar surface area (TPSA) is 62.7 Å². The number of hydrogen-bond donors (Lipinski definition) is 0. The van der Waals surface area contributed by atoms with Crippen molar-refractivity contribution in [1.82, 2.24) is 14.8 Å². The third-order valence-corrected chi connectivity index (χ3v) is 6.66. The molecule has 32 heavy (non-hydrogen) atoms. The van der Waals surface area contributed by atoms with Gasteiger partial charge in [-0.05, 0) is 35.6 Å².